The van der Waals surface area contributed by atoms with E-state index in [4.69, 9.17) is 9.51 Å². The third-order valence-electron chi connectivity index (χ3n) is 6.25. The lowest BCUT2D eigenvalue weighted by molar-refractivity contribution is 0.242. The van der Waals surface area contributed by atoms with E-state index in [0.717, 1.165) is 49.3 Å². The fourth-order valence-corrected chi connectivity index (χ4v) is 4.81. The van der Waals surface area contributed by atoms with Gasteiger partial charge < -0.3 is 4.52 Å². The van der Waals surface area contributed by atoms with Crippen LogP contribution in [0.2, 0.25) is 0 Å². The third kappa shape index (κ3) is 2.94. The smallest absolute Gasteiger partial charge is 0.234 e. The Hall–Kier alpha value is -2.54. The van der Waals surface area contributed by atoms with Gasteiger partial charge in [-0.15, -0.1) is 5.10 Å². The molecule has 1 saturated heterocycles. The number of likely N-dealkylation sites (tertiary alicyclic amines) is 1. The van der Waals surface area contributed by atoms with E-state index >= 15 is 0 Å². The van der Waals surface area contributed by atoms with Crippen LogP contribution in [0, 0.1) is 5.92 Å². The number of benzene rings is 1. The molecule has 2 atom stereocenters. The molecule has 0 amide bonds. The highest BCUT2D eigenvalue weighted by atomic mass is 16.5. The minimum atomic E-state index is 0.00212. The normalized spacial score (nSPS) is 24.9. The van der Waals surface area contributed by atoms with Gasteiger partial charge in [-0.05, 0) is 30.9 Å². The summed E-state index contributed by atoms with van der Waals surface area (Å²) < 4.78 is 7.59. The molecule has 7 nitrogen and oxygen atoms in total. The molecule has 2 aliphatic rings. The molecule has 7 heteroatoms. The summed E-state index contributed by atoms with van der Waals surface area (Å²) in [5, 5.41) is 8.90. The van der Waals surface area contributed by atoms with E-state index < -0.39 is 0 Å². The number of para-hydroxylation sites is 1. The molecular formula is C21H26N6O. The van der Waals surface area contributed by atoms with Crippen LogP contribution >= 0.6 is 0 Å². The molecule has 28 heavy (non-hydrogen) atoms. The van der Waals surface area contributed by atoms with E-state index in [2.05, 4.69) is 34.0 Å². The average Bonchev–Trinajstić information content (AvgIpc) is 3.45. The molecule has 1 saturated carbocycles. The molecule has 5 rings (SSSR count). The van der Waals surface area contributed by atoms with Gasteiger partial charge in [-0.25, -0.2) is 9.67 Å². The van der Waals surface area contributed by atoms with Gasteiger partial charge in [0.25, 0.3) is 0 Å². The van der Waals surface area contributed by atoms with Crippen molar-refractivity contribution in [3.63, 3.8) is 0 Å². The van der Waals surface area contributed by atoms with Crippen molar-refractivity contribution in [3.8, 4) is 5.69 Å². The molecule has 3 heterocycles. The van der Waals surface area contributed by atoms with E-state index in [0.29, 0.717) is 5.92 Å². The monoisotopic (exact) mass is 378 g/mol. The Morgan fingerprint density at radius 2 is 2.11 bits per heavy atom. The highest BCUT2D eigenvalue weighted by Gasteiger charge is 2.54. The Kier molecular flexibility index (Phi) is 4.27. The van der Waals surface area contributed by atoms with E-state index in [-0.39, 0.29) is 11.3 Å². The van der Waals surface area contributed by atoms with Gasteiger partial charge in [0.2, 0.25) is 5.89 Å². The van der Waals surface area contributed by atoms with Gasteiger partial charge in [-0.2, -0.15) is 4.98 Å². The number of rotatable bonds is 5. The molecular weight excluding hydrogens is 352 g/mol. The van der Waals surface area contributed by atoms with Crippen LogP contribution in [0.4, 0.5) is 0 Å². The van der Waals surface area contributed by atoms with Crippen LogP contribution in [-0.2, 0) is 12.0 Å². The Morgan fingerprint density at radius 1 is 1.25 bits per heavy atom. The van der Waals surface area contributed by atoms with Gasteiger partial charge in [0.05, 0.1) is 17.6 Å². The van der Waals surface area contributed by atoms with Crippen molar-refractivity contribution in [2.75, 3.05) is 13.1 Å². The first kappa shape index (κ1) is 17.6. The zero-order valence-electron chi connectivity index (χ0n) is 16.5. The maximum absolute atomic E-state index is 5.75. The van der Waals surface area contributed by atoms with E-state index in [9.17, 15) is 0 Å². The predicted octanol–water partition coefficient (Wildman–Crippen LogP) is 3.33. The quantitative estimate of drug-likeness (QED) is 0.678. The maximum Gasteiger partial charge on any atom is 0.234 e. The van der Waals surface area contributed by atoms with Crippen LogP contribution in [-0.4, -0.2) is 42.9 Å². The lowest BCUT2D eigenvalue weighted by Gasteiger charge is -2.24. The maximum atomic E-state index is 5.75. The van der Waals surface area contributed by atoms with Crippen LogP contribution in [0.5, 0.6) is 0 Å². The number of hydrogen-bond donors (Lipinski definition) is 0. The van der Waals surface area contributed by atoms with E-state index in [1.807, 2.05) is 35.0 Å². The van der Waals surface area contributed by atoms with Gasteiger partial charge in [-0.3, -0.25) is 4.90 Å². The summed E-state index contributed by atoms with van der Waals surface area (Å²) in [6.45, 7) is 6.95. The van der Waals surface area contributed by atoms with Crippen molar-refractivity contribution in [1.29, 1.82) is 0 Å². The van der Waals surface area contributed by atoms with Crippen molar-refractivity contribution < 1.29 is 4.52 Å². The molecule has 0 bridgehead atoms. The first-order chi connectivity index (χ1) is 13.6. The molecule has 3 aromatic rings. The molecule has 0 spiro atoms. The minimum absolute atomic E-state index is 0.00212. The summed E-state index contributed by atoms with van der Waals surface area (Å²) in [6.07, 6.45) is 5.38. The Balaban J connectivity index is 1.34. The Bertz CT molecular complexity index is 949. The summed E-state index contributed by atoms with van der Waals surface area (Å²) in [5.74, 6) is 3.37. The Morgan fingerprint density at radius 3 is 2.89 bits per heavy atom. The lowest BCUT2D eigenvalue weighted by Crippen LogP contribution is -2.32. The fraction of sp³-hybridized carbons (Fsp3) is 0.524. The van der Waals surface area contributed by atoms with Crippen molar-refractivity contribution in [2.45, 2.75) is 51.0 Å². The molecule has 1 aliphatic carbocycles. The first-order valence-corrected chi connectivity index (χ1v) is 10.2. The zero-order valence-corrected chi connectivity index (χ0v) is 16.5. The second kappa shape index (κ2) is 6.81. The highest BCUT2D eigenvalue weighted by Crippen LogP contribution is 2.50. The first-order valence-electron chi connectivity index (χ1n) is 10.2. The number of hydrogen-bond acceptors (Lipinski definition) is 6. The second-order valence-electron chi connectivity index (χ2n) is 8.47. The Labute approximate surface area is 164 Å². The van der Waals surface area contributed by atoms with Gasteiger partial charge in [-0.1, -0.05) is 43.6 Å². The van der Waals surface area contributed by atoms with Crippen LogP contribution in [0.25, 0.3) is 5.69 Å². The largest absolute Gasteiger partial charge is 0.339 e. The van der Waals surface area contributed by atoms with Crippen LogP contribution < -0.4 is 0 Å². The summed E-state index contributed by atoms with van der Waals surface area (Å²) in [4.78, 5) is 11.8. The fourth-order valence-electron chi connectivity index (χ4n) is 4.81. The summed E-state index contributed by atoms with van der Waals surface area (Å²) in [5.41, 5.74) is 1.03. The van der Waals surface area contributed by atoms with Crippen LogP contribution in [0.15, 0.2) is 41.2 Å². The SMILES string of the molecule is CC(C)c1noc([C@@]23CCC[C@@H]2CN(Cc2ncn(-c4ccccc4)n2)C3)n1. The highest BCUT2D eigenvalue weighted by molar-refractivity contribution is 5.29. The molecule has 0 radical (unpaired) electrons. The number of nitrogens with zero attached hydrogens (tertiary/aromatic N) is 6. The molecule has 0 N–H and O–H groups in total. The van der Waals surface area contributed by atoms with Crippen LogP contribution in [0.1, 0.15) is 56.6 Å². The third-order valence-corrected chi connectivity index (χ3v) is 6.25. The van der Waals surface area contributed by atoms with Crippen molar-refractivity contribution in [3.05, 3.63) is 54.2 Å². The molecule has 1 aromatic carbocycles. The van der Waals surface area contributed by atoms with Gasteiger partial charge in [0.15, 0.2) is 11.6 Å². The molecule has 2 fully saturated rings. The predicted molar refractivity (Wildman–Crippen MR) is 104 cm³/mol. The summed E-state index contributed by atoms with van der Waals surface area (Å²) >= 11 is 0. The molecule has 1 aliphatic heterocycles. The van der Waals surface area contributed by atoms with Crippen molar-refractivity contribution >= 4 is 0 Å². The van der Waals surface area contributed by atoms with Crippen molar-refractivity contribution in [2.24, 2.45) is 5.92 Å². The lowest BCUT2D eigenvalue weighted by atomic mass is 9.80. The molecule has 0 unspecified atom stereocenters. The molecule has 2 aromatic heterocycles. The second-order valence-corrected chi connectivity index (χ2v) is 8.47. The van der Waals surface area contributed by atoms with Gasteiger partial charge in [0.1, 0.15) is 6.33 Å². The zero-order chi connectivity index (χ0) is 19.1. The van der Waals surface area contributed by atoms with Crippen LogP contribution in [0.3, 0.4) is 0 Å². The summed E-state index contributed by atoms with van der Waals surface area (Å²) in [7, 11) is 0. The van der Waals surface area contributed by atoms with Gasteiger partial charge in [0, 0.05) is 19.0 Å². The molecule has 146 valence electrons. The number of aromatic nitrogens is 5. The van der Waals surface area contributed by atoms with Gasteiger partial charge >= 0.3 is 0 Å². The van der Waals surface area contributed by atoms with E-state index in [1.165, 1.54) is 12.8 Å². The van der Waals surface area contributed by atoms with Crippen molar-refractivity contribution in [1.82, 2.24) is 29.8 Å². The average molecular weight is 378 g/mol. The summed E-state index contributed by atoms with van der Waals surface area (Å²) in [6, 6.07) is 10.1. The number of fused-ring (bicyclic) bond motifs is 1. The standard InChI is InChI=1S/C21H26N6O/c1-15(2)19-23-20(28-25-19)21-10-6-7-16(21)11-26(13-21)12-18-22-14-27(24-18)17-8-4-3-5-9-17/h3-5,8-9,14-16H,6-7,10-13H2,1-2H3/t16-,21-/m1/s1. The topological polar surface area (TPSA) is 72.9 Å². The minimum Gasteiger partial charge on any atom is -0.339 e. The van der Waals surface area contributed by atoms with E-state index in [1.54, 1.807) is 6.33 Å².